The van der Waals surface area contributed by atoms with Gasteiger partial charge in [0.1, 0.15) is 5.60 Å². The fraction of sp³-hybridized carbons (Fsp3) is 0.867. The maximum atomic E-state index is 12.6. The molecule has 1 atom stereocenters. The molecule has 114 valence electrons. The molecule has 0 aromatic carbocycles. The highest BCUT2D eigenvalue weighted by molar-refractivity contribution is 5.85. The molecule has 1 unspecified atom stereocenters. The normalized spacial score (nSPS) is 28.4. The smallest absolute Gasteiger partial charge is 0.254 e. The summed E-state index contributed by atoms with van der Waals surface area (Å²) < 4.78 is 5.73. The summed E-state index contributed by atoms with van der Waals surface area (Å²) in [4.78, 5) is 25.3. The number of ether oxygens (including phenoxy) is 1. The molecule has 2 fully saturated rings. The van der Waals surface area contributed by atoms with Crippen LogP contribution in [0.15, 0.2) is 0 Å². The fourth-order valence-electron chi connectivity index (χ4n) is 3.21. The van der Waals surface area contributed by atoms with Gasteiger partial charge in [-0.05, 0) is 51.4 Å². The summed E-state index contributed by atoms with van der Waals surface area (Å²) in [5, 5.41) is 0. The third-order valence-corrected chi connectivity index (χ3v) is 4.62. The molecule has 20 heavy (non-hydrogen) atoms. The first-order valence-electron chi connectivity index (χ1n) is 7.73. The summed E-state index contributed by atoms with van der Waals surface area (Å²) >= 11 is 0. The molecule has 0 saturated carbocycles. The highest BCUT2D eigenvalue weighted by Crippen LogP contribution is 2.29. The van der Waals surface area contributed by atoms with Gasteiger partial charge in [-0.1, -0.05) is 0 Å². The maximum absolute atomic E-state index is 12.6. The molecule has 0 aromatic rings. The van der Waals surface area contributed by atoms with E-state index in [4.69, 9.17) is 10.5 Å². The van der Waals surface area contributed by atoms with E-state index in [1.807, 2.05) is 11.8 Å². The molecule has 2 aliphatic heterocycles. The van der Waals surface area contributed by atoms with Gasteiger partial charge >= 0.3 is 0 Å². The maximum Gasteiger partial charge on any atom is 0.254 e. The van der Waals surface area contributed by atoms with Gasteiger partial charge in [0.25, 0.3) is 5.91 Å². The molecule has 0 aliphatic carbocycles. The lowest BCUT2D eigenvalue weighted by Gasteiger charge is -2.40. The number of nitrogens with two attached hydrogens (primary N) is 1. The van der Waals surface area contributed by atoms with E-state index < -0.39 is 5.60 Å². The quantitative estimate of drug-likeness (QED) is 0.848. The Bertz CT molecular complexity index is 356. The van der Waals surface area contributed by atoms with Crippen molar-refractivity contribution in [1.29, 1.82) is 0 Å². The largest absolute Gasteiger partial charge is 0.370 e. The number of amides is 2. The molecular weight excluding hydrogens is 256 g/mol. The first kappa shape index (κ1) is 15.3. The highest BCUT2D eigenvalue weighted by Gasteiger charge is 2.39. The van der Waals surface area contributed by atoms with Crippen LogP contribution in [-0.4, -0.2) is 42.0 Å². The Morgan fingerprint density at radius 1 is 1.30 bits per heavy atom. The average molecular weight is 282 g/mol. The van der Waals surface area contributed by atoms with Crippen LogP contribution in [0.5, 0.6) is 0 Å². The number of carbonyl (C=O) groups excluding carboxylic acids is 2. The third kappa shape index (κ3) is 3.72. The lowest BCUT2D eigenvalue weighted by atomic mass is 9.89. The molecule has 5 heteroatoms. The molecule has 0 radical (unpaired) electrons. The minimum absolute atomic E-state index is 0.144. The number of hydrogen-bond donors (Lipinski definition) is 1. The second-order valence-corrected chi connectivity index (χ2v) is 6.28. The number of piperidine rings is 1. The van der Waals surface area contributed by atoms with Crippen LogP contribution in [0.1, 0.15) is 51.9 Å². The Hall–Kier alpha value is -1.10. The summed E-state index contributed by atoms with van der Waals surface area (Å²) in [6, 6.07) is 0. The molecule has 0 bridgehead atoms. The number of carbonyl (C=O) groups is 2. The molecule has 2 amide bonds. The van der Waals surface area contributed by atoms with E-state index in [0.29, 0.717) is 18.9 Å². The molecule has 2 saturated heterocycles. The predicted octanol–water partition coefficient (Wildman–Crippen LogP) is 1.45. The zero-order valence-corrected chi connectivity index (χ0v) is 12.4. The van der Waals surface area contributed by atoms with Crippen molar-refractivity contribution in [1.82, 2.24) is 4.90 Å². The van der Waals surface area contributed by atoms with Gasteiger partial charge in [-0.25, -0.2) is 0 Å². The first-order chi connectivity index (χ1) is 9.51. The zero-order valence-electron chi connectivity index (χ0n) is 12.4. The Morgan fingerprint density at radius 3 is 2.55 bits per heavy atom. The number of likely N-dealkylation sites (tertiary alicyclic amines) is 1. The minimum atomic E-state index is -0.613. The summed E-state index contributed by atoms with van der Waals surface area (Å²) in [5.74, 6) is 0.434. The topological polar surface area (TPSA) is 72.6 Å². The molecule has 2 heterocycles. The van der Waals surface area contributed by atoms with Crippen LogP contribution >= 0.6 is 0 Å². The highest BCUT2D eigenvalue weighted by atomic mass is 16.5. The zero-order chi connectivity index (χ0) is 14.6. The molecular formula is C15H26N2O3. The second-order valence-electron chi connectivity index (χ2n) is 6.28. The average Bonchev–Trinajstić information content (AvgIpc) is 2.45. The van der Waals surface area contributed by atoms with Crippen molar-refractivity contribution in [2.75, 3.05) is 19.7 Å². The van der Waals surface area contributed by atoms with Crippen molar-refractivity contribution in [3.63, 3.8) is 0 Å². The van der Waals surface area contributed by atoms with Crippen molar-refractivity contribution in [2.24, 2.45) is 11.7 Å². The van der Waals surface area contributed by atoms with Gasteiger partial charge in [0.05, 0.1) is 0 Å². The van der Waals surface area contributed by atoms with Crippen LogP contribution in [0.25, 0.3) is 0 Å². The van der Waals surface area contributed by atoms with E-state index in [9.17, 15) is 9.59 Å². The Morgan fingerprint density at radius 2 is 2.00 bits per heavy atom. The molecule has 2 aliphatic rings. The molecule has 0 spiro atoms. The summed E-state index contributed by atoms with van der Waals surface area (Å²) in [6.45, 7) is 4.17. The van der Waals surface area contributed by atoms with Crippen LogP contribution < -0.4 is 5.73 Å². The van der Waals surface area contributed by atoms with E-state index >= 15 is 0 Å². The summed E-state index contributed by atoms with van der Waals surface area (Å²) in [7, 11) is 0. The van der Waals surface area contributed by atoms with E-state index in [2.05, 4.69) is 0 Å². The van der Waals surface area contributed by atoms with E-state index in [1.54, 1.807) is 0 Å². The number of primary amides is 1. The first-order valence-corrected chi connectivity index (χ1v) is 7.73. The Balaban J connectivity index is 1.81. The van der Waals surface area contributed by atoms with Gasteiger partial charge in [-0.2, -0.15) is 0 Å². The molecule has 5 nitrogen and oxygen atoms in total. The summed E-state index contributed by atoms with van der Waals surface area (Å²) in [6.07, 6.45) is 6.19. The fourth-order valence-corrected chi connectivity index (χ4v) is 3.21. The van der Waals surface area contributed by atoms with Crippen LogP contribution in [0, 0.1) is 5.92 Å². The molecule has 2 rings (SSSR count). The lowest BCUT2D eigenvalue weighted by Crippen LogP contribution is -2.52. The van der Waals surface area contributed by atoms with Gasteiger partial charge in [-0.15, -0.1) is 0 Å². The lowest BCUT2D eigenvalue weighted by molar-refractivity contribution is -0.163. The summed E-state index contributed by atoms with van der Waals surface area (Å²) in [5.41, 5.74) is 4.57. The Kier molecular flexibility index (Phi) is 5.02. The number of hydrogen-bond acceptors (Lipinski definition) is 3. The number of rotatable bonds is 4. The van der Waals surface area contributed by atoms with E-state index in [1.165, 1.54) is 0 Å². The van der Waals surface area contributed by atoms with Crippen molar-refractivity contribution < 1.29 is 14.3 Å². The third-order valence-electron chi connectivity index (χ3n) is 4.62. The number of nitrogens with zero attached hydrogens (tertiary/aromatic N) is 1. The van der Waals surface area contributed by atoms with Crippen LogP contribution in [0.4, 0.5) is 0 Å². The minimum Gasteiger partial charge on any atom is -0.370 e. The van der Waals surface area contributed by atoms with Gasteiger partial charge < -0.3 is 15.4 Å². The second kappa shape index (κ2) is 6.57. The van der Waals surface area contributed by atoms with Gasteiger partial charge in [0, 0.05) is 26.1 Å². The Labute approximate surface area is 120 Å². The predicted molar refractivity (Wildman–Crippen MR) is 75.9 cm³/mol. The van der Waals surface area contributed by atoms with Crippen molar-refractivity contribution in [2.45, 2.75) is 57.5 Å². The van der Waals surface area contributed by atoms with Crippen molar-refractivity contribution >= 4 is 11.8 Å². The molecule has 0 aromatic heterocycles. The van der Waals surface area contributed by atoms with Crippen LogP contribution in [-0.2, 0) is 14.3 Å². The van der Waals surface area contributed by atoms with E-state index in [0.717, 1.165) is 51.6 Å². The van der Waals surface area contributed by atoms with Crippen LogP contribution in [0.3, 0.4) is 0 Å². The molecule has 2 N–H and O–H groups in total. The van der Waals surface area contributed by atoms with Crippen molar-refractivity contribution in [3.05, 3.63) is 0 Å². The van der Waals surface area contributed by atoms with Crippen LogP contribution in [0.2, 0.25) is 0 Å². The SMILES string of the molecule is CC1(C(=O)N2CCC(CCC(N)=O)CC2)CCCCO1. The van der Waals surface area contributed by atoms with Gasteiger partial charge in [-0.3, -0.25) is 9.59 Å². The van der Waals surface area contributed by atoms with Gasteiger partial charge in [0.2, 0.25) is 5.91 Å². The van der Waals surface area contributed by atoms with Gasteiger partial charge in [0.15, 0.2) is 0 Å². The standard InChI is InChI=1S/C15H26N2O3/c1-15(8-2-3-11-20-15)14(19)17-9-6-12(7-10-17)4-5-13(16)18/h12H,2-11H2,1H3,(H2,16,18). The van der Waals surface area contributed by atoms with E-state index in [-0.39, 0.29) is 11.8 Å². The monoisotopic (exact) mass is 282 g/mol. The van der Waals surface area contributed by atoms with Crippen molar-refractivity contribution in [3.8, 4) is 0 Å².